The predicted molar refractivity (Wildman–Crippen MR) is 57.2 cm³/mol. The van der Waals surface area contributed by atoms with Gasteiger partial charge in [-0.25, -0.2) is 8.42 Å². The van der Waals surface area contributed by atoms with Crippen molar-refractivity contribution in [1.29, 1.82) is 0 Å². The largest absolute Gasteiger partial charge is 0.383 e. The molecule has 0 aliphatic rings. The Morgan fingerprint density at radius 2 is 2.13 bits per heavy atom. The van der Waals surface area contributed by atoms with Gasteiger partial charge in [-0.2, -0.15) is 0 Å². The lowest BCUT2D eigenvalue weighted by Gasteiger charge is -2.12. The number of rotatable bonds is 7. The van der Waals surface area contributed by atoms with E-state index in [4.69, 9.17) is 10.5 Å². The van der Waals surface area contributed by atoms with Gasteiger partial charge in [0.25, 0.3) is 0 Å². The molecule has 0 aliphatic heterocycles. The van der Waals surface area contributed by atoms with E-state index in [9.17, 15) is 13.2 Å². The van der Waals surface area contributed by atoms with Crippen LogP contribution in [0.3, 0.4) is 0 Å². The van der Waals surface area contributed by atoms with Crippen LogP contribution in [0.2, 0.25) is 0 Å². The maximum atomic E-state index is 11.2. The van der Waals surface area contributed by atoms with Crippen LogP contribution in [0, 0.1) is 0 Å². The highest BCUT2D eigenvalue weighted by atomic mass is 32.2. The second kappa shape index (κ2) is 6.76. The highest BCUT2D eigenvalue weighted by molar-refractivity contribution is 7.92. The average Bonchev–Trinajstić information content (AvgIpc) is 2.01. The predicted octanol–water partition coefficient (Wildman–Crippen LogP) is -1.49. The third-order valence-corrected chi connectivity index (χ3v) is 3.16. The lowest BCUT2D eigenvalue weighted by atomic mass is 10.3. The second-order valence-electron chi connectivity index (χ2n) is 3.30. The van der Waals surface area contributed by atoms with Crippen molar-refractivity contribution in [3.63, 3.8) is 0 Å². The van der Waals surface area contributed by atoms with Crippen molar-refractivity contribution in [2.45, 2.75) is 13.0 Å². The van der Waals surface area contributed by atoms with Crippen molar-refractivity contribution >= 4 is 15.7 Å². The first-order valence-electron chi connectivity index (χ1n) is 4.60. The minimum atomic E-state index is -3.37. The molecule has 0 aromatic carbocycles. The van der Waals surface area contributed by atoms with E-state index in [0.29, 0.717) is 6.61 Å². The van der Waals surface area contributed by atoms with Gasteiger partial charge in [0.2, 0.25) is 5.91 Å². The van der Waals surface area contributed by atoms with E-state index in [0.717, 1.165) is 0 Å². The molecule has 15 heavy (non-hydrogen) atoms. The molecule has 0 bridgehead atoms. The van der Waals surface area contributed by atoms with Crippen LogP contribution < -0.4 is 11.1 Å². The van der Waals surface area contributed by atoms with Gasteiger partial charge in [0, 0.05) is 19.7 Å². The van der Waals surface area contributed by atoms with Crippen LogP contribution in [-0.2, 0) is 19.4 Å². The van der Waals surface area contributed by atoms with E-state index in [1.165, 1.54) is 7.11 Å². The second-order valence-corrected chi connectivity index (χ2v) is 5.49. The lowest BCUT2D eigenvalue weighted by molar-refractivity contribution is -0.119. The molecule has 0 fully saturated rings. The molecule has 1 atom stereocenters. The Morgan fingerprint density at radius 3 is 2.60 bits per heavy atom. The quantitative estimate of drug-likeness (QED) is 0.563. The third kappa shape index (κ3) is 7.29. The summed E-state index contributed by atoms with van der Waals surface area (Å²) >= 11 is 0. The van der Waals surface area contributed by atoms with Crippen LogP contribution >= 0.6 is 0 Å². The highest BCUT2D eigenvalue weighted by Crippen LogP contribution is 1.90. The Kier molecular flexibility index (Phi) is 6.46. The van der Waals surface area contributed by atoms with Crippen LogP contribution in [0.5, 0.6) is 0 Å². The normalized spacial score (nSPS) is 13.5. The first-order chi connectivity index (χ1) is 6.91. The van der Waals surface area contributed by atoms with E-state index in [-0.39, 0.29) is 18.3 Å². The monoisotopic (exact) mass is 238 g/mol. The van der Waals surface area contributed by atoms with Crippen molar-refractivity contribution in [2.24, 2.45) is 5.73 Å². The number of sulfone groups is 1. The summed E-state index contributed by atoms with van der Waals surface area (Å²) in [7, 11) is -1.86. The zero-order chi connectivity index (χ0) is 11.9. The average molecular weight is 238 g/mol. The van der Waals surface area contributed by atoms with Gasteiger partial charge in [0.15, 0.2) is 9.84 Å². The fourth-order valence-electron chi connectivity index (χ4n) is 1.06. The van der Waals surface area contributed by atoms with E-state index in [1.54, 1.807) is 6.92 Å². The SMILES string of the molecule is COCC(C)NC(=O)CS(=O)(=O)CCN. The molecular weight excluding hydrogens is 220 g/mol. The number of carbonyl (C=O) groups excluding carboxylic acids is 1. The summed E-state index contributed by atoms with van der Waals surface area (Å²) in [4.78, 5) is 11.2. The number of nitrogens with two attached hydrogens (primary N) is 1. The molecule has 0 heterocycles. The summed E-state index contributed by atoms with van der Waals surface area (Å²) in [6.07, 6.45) is 0. The summed E-state index contributed by atoms with van der Waals surface area (Å²) < 4.78 is 27.2. The standard InChI is InChI=1S/C8H18N2O4S/c1-7(5-14-2)10-8(11)6-15(12,13)4-3-9/h7H,3-6,9H2,1-2H3,(H,10,11). The highest BCUT2D eigenvalue weighted by Gasteiger charge is 2.16. The summed E-state index contributed by atoms with van der Waals surface area (Å²) in [6, 6.07) is -0.199. The number of nitrogens with one attached hydrogen (secondary N) is 1. The number of amides is 1. The number of methoxy groups -OCH3 is 1. The first-order valence-corrected chi connectivity index (χ1v) is 6.42. The summed E-state index contributed by atoms with van der Waals surface area (Å²) in [6.45, 7) is 2.11. The molecule has 1 unspecified atom stereocenters. The van der Waals surface area contributed by atoms with Crippen LogP contribution in [0.4, 0.5) is 0 Å². The fourth-order valence-corrected chi connectivity index (χ4v) is 2.05. The van der Waals surface area contributed by atoms with Gasteiger partial charge >= 0.3 is 0 Å². The molecule has 6 nitrogen and oxygen atoms in total. The minimum Gasteiger partial charge on any atom is -0.383 e. The zero-order valence-electron chi connectivity index (χ0n) is 9.02. The molecule has 0 aromatic rings. The van der Waals surface area contributed by atoms with Crippen LogP contribution in [0.25, 0.3) is 0 Å². The van der Waals surface area contributed by atoms with Crippen LogP contribution in [0.1, 0.15) is 6.92 Å². The molecule has 3 N–H and O–H groups in total. The van der Waals surface area contributed by atoms with Gasteiger partial charge < -0.3 is 15.8 Å². The Hall–Kier alpha value is -0.660. The summed E-state index contributed by atoms with van der Waals surface area (Å²) in [5.41, 5.74) is 5.11. The smallest absolute Gasteiger partial charge is 0.235 e. The Bertz CT molecular complexity index is 289. The van der Waals surface area contributed by atoms with E-state index < -0.39 is 21.5 Å². The van der Waals surface area contributed by atoms with Crippen molar-refractivity contribution in [3.8, 4) is 0 Å². The molecule has 0 aliphatic carbocycles. The maximum Gasteiger partial charge on any atom is 0.235 e. The summed E-state index contributed by atoms with van der Waals surface area (Å²) in [5, 5.41) is 2.51. The number of carbonyl (C=O) groups is 1. The topological polar surface area (TPSA) is 98.5 Å². The minimum absolute atomic E-state index is 0.0310. The lowest BCUT2D eigenvalue weighted by Crippen LogP contribution is -2.40. The zero-order valence-corrected chi connectivity index (χ0v) is 9.84. The number of hydrogen-bond donors (Lipinski definition) is 2. The van der Waals surface area contributed by atoms with Gasteiger partial charge in [-0.15, -0.1) is 0 Å². The van der Waals surface area contributed by atoms with Crippen molar-refractivity contribution < 1.29 is 17.9 Å². The molecule has 0 saturated carbocycles. The molecule has 90 valence electrons. The molecule has 0 radical (unpaired) electrons. The van der Waals surface area contributed by atoms with Crippen molar-refractivity contribution in [2.75, 3.05) is 31.8 Å². The van der Waals surface area contributed by atoms with Crippen molar-refractivity contribution in [3.05, 3.63) is 0 Å². The van der Waals surface area contributed by atoms with Gasteiger partial charge in [-0.3, -0.25) is 4.79 Å². The molecule has 0 aromatic heterocycles. The molecular formula is C8H18N2O4S. The van der Waals surface area contributed by atoms with E-state index in [1.807, 2.05) is 0 Å². The molecule has 1 amide bonds. The van der Waals surface area contributed by atoms with Crippen LogP contribution in [0.15, 0.2) is 0 Å². The van der Waals surface area contributed by atoms with Crippen molar-refractivity contribution in [1.82, 2.24) is 5.32 Å². The molecule has 0 spiro atoms. The van der Waals surface area contributed by atoms with E-state index in [2.05, 4.69) is 5.32 Å². The Labute approximate surface area is 90.1 Å². The first kappa shape index (κ1) is 14.3. The maximum absolute atomic E-state index is 11.2. The van der Waals surface area contributed by atoms with Gasteiger partial charge in [0.1, 0.15) is 5.75 Å². The Balaban J connectivity index is 4.03. The van der Waals surface area contributed by atoms with E-state index >= 15 is 0 Å². The van der Waals surface area contributed by atoms with Gasteiger partial charge in [0.05, 0.1) is 12.4 Å². The third-order valence-electron chi connectivity index (χ3n) is 1.60. The number of hydrogen-bond acceptors (Lipinski definition) is 5. The molecule has 0 saturated heterocycles. The summed E-state index contributed by atoms with van der Waals surface area (Å²) in [5.74, 6) is -1.20. The molecule has 7 heteroatoms. The Morgan fingerprint density at radius 1 is 1.53 bits per heavy atom. The molecule has 0 rings (SSSR count). The van der Waals surface area contributed by atoms with Crippen LogP contribution in [-0.4, -0.2) is 52.1 Å². The number of ether oxygens (including phenoxy) is 1. The van der Waals surface area contributed by atoms with Gasteiger partial charge in [-0.05, 0) is 6.92 Å². The van der Waals surface area contributed by atoms with Gasteiger partial charge in [-0.1, -0.05) is 0 Å². The fraction of sp³-hybridized carbons (Fsp3) is 0.875.